The molecule has 1 heterocycles. The minimum atomic E-state index is -0.165. The third-order valence-electron chi connectivity index (χ3n) is 2.60. The molecule has 2 rings (SSSR count). The lowest BCUT2D eigenvalue weighted by atomic mass is 10.1. The van der Waals surface area contributed by atoms with Gasteiger partial charge >= 0.3 is 0 Å². The third-order valence-corrected chi connectivity index (χ3v) is 2.60. The second kappa shape index (κ2) is 4.23. The number of rotatable bonds is 2. The van der Waals surface area contributed by atoms with Crippen LogP contribution in [0.15, 0.2) is 18.2 Å². The van der Waals surface area contributed by atoms with Crippen molar-refractivity contribution in [2.45, 2.75) is 13.3 Å². The van der Waals surface area contributed by atoms with Gasteiger partial charge in [0, 0.05) is 0 Å². The van der Waals surface area contributed by atoms with Crippen LogP contribution in [0.3, 0.4) is 0 Å². The summed E-state index contributed by atoms with van der Waals surface area (Å²) in [6, 6.07) is 7.73. The molecule has 0 aliphatic carbocycles. The lowest BCUT2D eigenvalue weighted by molar-refractivity contribution is -0.121. The summed E-state index contributed by atoms with van der Waals surface area (Å²) in [6.07, 6.45) is 0.891. The summed E-state index contributed by atoms with van der Waals surface area (Å²) in [6.45, 7) is 2.13. The van der Waals surface area contributed by atoms with Crippen LogP contribution >= 0.6 is 0 Å². The number of benzene rings is 1. The second-order valence-electron chi connectivity index (χ2n) is 3.58. The van der Waals surface area contributed by atoms with E-state index in [0.717, 1.165) is 12.0 Å². The molecule has 0 atom stereocenters. The van der Waals surface area contributed by atoms with Crippen molar-refractivity contribution >= 4 is 11.6 Å². The van der Waals surface area contributed by atoms with E-state index in [1.165, 1.54) is 4.90 Å². The van der Waals surface area contributed by atoms with E-state index in [-0.39, 0.29) is 19.1 Å². The molecular formula is C12H12N2O2. The van der Waals surface area contributed by atoms with Crippen molar-refractivity contribution in [3.63, 3.8) is 0 Å². The van der Waals surface area contributed by atoms with Gasteiger partial charge in [0.1, 0.15) is 12.3 Å². The van der Waals surface area contributed by atoms with Gasteiger partial charge in [0.15, 0.2) is 6.61 Å². The molecule has 0 radical (unpaired) electrons. The van der Waals surface area contributed by atoms with Crippen LogP contribution in [-0.4, -0.2) is 19.1 Å². The van der Waals surface area contributed by atoms with E-state index in [4.69, 9.17) is 10.00 Å². The highest BCUT2D eigenvalue weighted by Crippen LogP contribution is 2.32. The van der Waals surface area contributed by atoms with Crippen molar-refractivity contribution in [2.75, 3.05) is 18.1 Å². The fourth-order valence-electron chi connectivity index (χ4n) is 1.71. The Bertz CT molecular complexity index is 463. The van der Waals surface area contributed by atoms with Gasteiger partial charge in [0.2, 0.25) is 0 Å². The van der Waals surface area contributed by atoms with Crippen molar-refractivity contribution in [1.82, 2.24) is 0 Å². The quantitative estimate of drug-likeness (QED) is 0.704. The zero-order chi connectivity index (χ0) is 11.5. The predicted molar refractivity (Wildman–Crippen MR) is 59.3 cm³/mol. The van der Waals surface area contributed by atoms with Gasteiger partial charge in [-0.2, -0.15) is 5.26 Å². The monoisotopic (exact) mass is 216 g/mol. The number of carbonyl (C=O) groups excluding carboxylic acids is 1. The van der Waals surface area contributed by atoms with Gasteiger partial charge < -0.3 is 4.74 Å². The number of aryl methyl sites for hydroxylation is 1. The van der Waals surface area contributed by atoms with Crippen LogP contribution in [-0.2, 0) is 11.2 Å². The Hall–Kier alpha value is -2.02. The molecule has 0 fully saturated rings. The van der Waals surface area contributed by atoms with Crippen molar-refractivity contribution in [3.8, 4) is 11.8 Å². The van der Waals surface area contributed by atoms with Gasteiger partial charge in [-0.25, -0.2) is 0 Å². The van der Waals surface area contributed by atoms with Gasteiger partial charge in [0.25, 0.3) is 5.91 Å². The van der Waals surface area contributed by atoms with E-state index in [1.807, 2.05) is 31.2 Å². The van der Waals surface area contributed by atoms with Crippen LogP contribution in [0.25, 0.3) is 0 Å². The number of nitriles is 1. The lowest BCUT2D eigenvalue weighted by Gasteiger charge is -2.27. The number of ether oxygens (including phenoxy) is 1. The summed E-state index contributed by atoms with van der Waals surface area (Å²) < 4.78 is 5.31. The predicted octanol–water partition coefficient (Wildman–Crippen LogP) is 1.50. The van der Waals surface area contributed by atoms with Crippen LogP contribution in [0.4, 0.5) is 5.69 Å². The van der Waals surface area contributed by atoms with Crippen LogP contribution in [0, 0.1) is 11.3 Å². The summed E-state index contributed by atoms with van der Waals surface area (Å²) >= 11 is 0. The number of amides is 1. The van der Waals surface area contributed by atoms with Crippen molar-refractivity contribution < 1.29 is 9.53 Å². The van der Waals surface area contributed by atoms with Gasteiger partial charge in [-0.15, -0.1) is 0 Å². The maximum atomic E-state index is 11.6. The fraction of sp³-hybridized carbons (Fsp3) is 0.333. The third kappa shape index (κ3) is 1.72. The van der Waals surface area contributed by atoms with Gasteiger partial charge in [0.05, 0.1) is 11.8 Å². The molecular weight excluding hydrogens is 204 g/mol. The molecule has 1 aromatic carbocycles. The Balaban J connectivity index is 2.44. The first-order valence-corrected chi connectivity index (χ1v) is 5.19. The topological polar surface area (TPSA) is 53.3 Å². The van der Waals surface area contributed by atoms with E-state index < -0.39 is 0 Å². The lowest BCUT2D eigenvalue weighted by Crippen LogP contribution is -2.39. The van der Waals surface area contributed by atoms with Gasteiger partial charge in [-0.1, -0.05) is 13.0 Å². The molecule has 0 bridgehead atoms. The minimum Gasteiger partial charge on any atom is -0.482 e. The normalized spacial score (nSPS) is 14.0. The second-order valence-corrected chi connectivity index (χ2v) is 3.58. The van der Waals surface area contributed by atoms with Crippen molar-refractivity contribution in [1.29, 1.82) is 5.26 Å². The van der Waals surface area contributed by atoms with Crippen LogP contribution in [0.2, 0.25) is 0 Å². The SMILES string of the molecule is CCc1ccc2c(c1)N(CC#N)C(=O)CO2. The molecule has 1 amide bonds. The molecule has 4 nitrogen and oxygen atoms in total. The Kier molecular flexibility index (Phi) is 2.78. The van der Waals surface area contributed by atoms with Crippen LogP contribution in [0.1, 0.15) is 12.5 Å². The molecule has 82 valence electrons. The maximum Gasteiger partial charge on any atom is 0.265 e. The minimum absolute atomic E-state index is 0.0140. The molecule has 0 saturated carbocycles. The highest BCUT2D eigenvalue weighted by Gasteiger charge is 2.25. The first-order chi connectivity index (χ1) is 7.76. The largest absolute Gasteiger partial charge is 0.482 e. The summed E-state index contributed by atoms with van der Waals surface area (Å²) in [5, 5.41) is 8.70. The highest BCUT2D eigenvalue weighted by atomic mass is 16.5. The molecule has 0 spiro atoms. The number of carbonyl (C=O) groups is 1. The average Bonchev–Trinajstić information content (AvgIpc) is 2.32. The van der Waals surface area contributed by atoms with Crippen LogP contribution < -0.4 is 9.64 Å². The molecule has 1 aromatic rings. The maximum absolute atomic E-state index is 11.6. The first-order valence-electron chi connectivity index (χ1n) is 5.19. The summed E-state index contributed by atoms with van der Waals surface area (Å²) in [5.74, 6) is 0.509. The summed E-state index contributed by atoms with van der Waals surface area (Å²) in [5.41, 5.74) is 1.83. The van der Waals surface area contributed by atoms with Crippen LogP contribution in [0.5, 0.6) is 5.75 Å². The molecule has 4 heteroatoms. The molecule has 1 aliphatic heterocycles. The molecule has 16 heavy (non-hydrogen) atoms. The molecule has 0 aromatic heterocycles. The summed E-state index contributed by atoms with van der Waals surface area (Å²) in [7, 11) is 0. The molecule has 1 aliphatic rings. The van der Waals surface area contributed by atoms with Crippen molar-refractivity contribution in [3.05, 3.63) is 23.8 Å². The first kappa shape index (κ1) is 10.5. The summed E-state index contributed by atoms with van der Waals surface area (Å²) in [4.78, 5) is 13.1. The number of hydrogen-bond acceptors (Lipinski definition) is 3. The van der Waals surface area contributed by atoms with E-state index >= 15 is 0 Å². The Labute approximate surface area is 94.0 Å². The molecule has 0 saturated heterocycles. The number of anilines is 1. The number of fused-ring (bicyclic) bond motifs is 1. The number of nitrogens with zero attached hydrogens (tertiary/aromatic N) is 2. The highest BCUT2D eigenvalue weighted by molar-refractivity contribution is 5.98. The Morgan fingerprint density at radius 1 is 1.56 bits per heavy atom. The van der Waals surface area contributed by atoms with E-state index in [0.29, 0.717) is 11.4 Å². The van der Waals surface area contributed by atoms with E-state index in [2.05, 4.69) is 0 Å². The van der Waals surface area contributed by atoms with Gasteiger partial charge in [-0.05, 0) is 24.1 Å². The van der Waals surface area contributed by atoms with E-state index in [9.17, 15) is 4.79 Å². The Morgan fingerprint density at radius 2 is 2.38 bits per heavy atom. The number of hydrogen-bond donors (Lipinski definition) is 0. The zero-order valence-corrected chi connectivity index (χ0v) is 9.06. The average molecular weight is 216 g/mol. The van der Waals surface area contributed by atoms with Gasteiger partial charge in [-0.3, -0.25) is 9.69 Å². The fourth-order valence-corrected chi connectivity index (χ4v) is 1.71. The smallest absolute Gasteiger partial charge is 0.265 e. The molecule has 0 unspecified atom stereocenters. The molecule has 0 N–H and O–H groups in total. The Morgan fingerprint density at radius 3 is 3.06 bits per heavy atom. The standard InChI is InChI=1S/C12H12N2O2/c1-2-9-3-4-11-10(7-9)14(6-5-13)12(15)8-16-11/h3-4,7H,2,6,8H2,1H3. The van der Waals surface area contributed by atoms with E-state index in [1.54, 1.807) is 0 Å². The van der Waals surface area contributed by atoms with Crippen molar-refractivity contribution in [2.24, 2.45) is 0 Å². The zero-order valence-electron chi connectivity index (χ0n) is 9.06.